The third kappa shape index (κ3) is 2.43. The van der Waals surface area contributed by atoms with Crippen LogP contribution in [-0.2, 0) is 0 Å². The summed E-state index contributed by atoms with van der Waals surface area (Å²) in [7, 11) is 0. The van der Waals surface area contributed by atoms with E-state index in [1.165, 1.54) is 25.7 Å². The average molecular weight is 259 g/mol. The molecule has 0 amide bonds. The van der Waals surface area contributed by atoms with Crippen LogP contribution >= 0.6 is 0 Å². The van der Waals surface area contributed by atoms with Gasteiger partial charge in [0.05, 0.1) is 0 Å². The summed E-state index contributed by atoms with van der Waals surface area (Å²) in [5, 5.41) is 3.87. The fourth-order valence-corrected chi connectivity index (χ4v) is 3.65. The fourth-order valence-electron chi connectivity index (χ4n) is 3.65. The first-order chi connectivity index (χ1) is 9.31. The van der Waals surface area contributed by atoms with Crippen LogP contribution in [-0.4, -0.2) is 12.1 Å². The lowest BCUT2D eigenvalue weighted by Gasteiger charge is -2.39. The van der Waals surface area contributed by atoms with Crippen LogP contribution < -0.4 is 5.32 Å². The van der Waals surface area contributed by atoms with E-state index in [4.69, 9.17) is 0 Å². The molecule has 0 aromatic heterocycles. The van der Waals surface area contributed by atoms with E-state index in [0.717, 1.165) is 36.3 Å². The van der Waals surface area contributed by atoms with Gasteiger partial charge >= 0.3 is 0 Å². The highest BCUT2D eigenvalue weighted by Gasteiger charge is 2.44. The summed E-state index contributed by atoms with van der Waals surface area (Å²) in [5.41, 5.74) is 0.926. The molecule has 102 valence electrons. The van der Waals surface area contributed by atoms with E-state index < -0.39 is 0 Å². The molecule has 3 fully saturated rings. The number of rotatable bonds is 5. The Morgan fingerprint density at radius 3 is 2.21 bits per heavy atom. The Bertz CT molecular complexity index is 446. The molecule has 3 aliphatic carbocycles. The lowest BCUT2D eigenvalue weighted by molar-refractivity contribution is 0.239. The van der Waals surface area contributed by atoms with Gasteiger partial charge in [-0.1, -0.05) is 18.2 Å². The Morgan fingerprint density at radius 2 is 1.63 bits per heavy atom. The van der Waals surface area contributed by atoms with Crippen LogP contribution in [0.1, 0.15) is 50.0 Å². The van der Waals surface area contributed by atoms with E-state index in [2.05, 4.69) is 5.32 Å². The minimum absolute atomic E-state index is 0.0214. The normalized spacial score (nSPS) is 30.4. The molecule has 0 radical (unpaired) electrons. The maximum Gasteiger partial charge on any atom is 0.126 e. The van der Waals surface area contributed by atoms with E-state index in [-0.39, 0.29) is 5.82 Å². The summed E-state index contributed by atoms with van der Waals surface area (Å²) in [5.74, 6) is 2.34. The van der Waals surface area contributed by atoms with Gasteiger partial charge in [0.15, 0.2) is 0 Å². The van der Waals surface area contributed by atoms with Crippen molar-refractivity contribution in [1.29, 1.82) is 0 Å². The van der Waals surface area contributed by atoms with Crippen molar-refractivity contribution >= 4 is 0 Å². The van der Waals surface area contributed by atoms with Gasteiger partial charge in [0.1, 0.15) is 5.82 Å². The van der Waals surface area contributed by atoms with E-state index in [9.17, 15) is 4.39 Å². The smallest absolute Gasteiger partial charge is 0.126 e. The lowest BCUT2D eigenvalue weighted by Crippen LogP contribution is -2.47. The van der Waals surface area contributed by atoms with Crippen LogP contribution in [0.2, 0.25) is 0 Å². The quantitative estimate of drug-likeness (QED) is 0.847. The number of halogens is 1. The lowest BCUT2D eigenvalue weighted by atomic mass is 9.75. The molecule has 0 unspecified atom stereocenters. The first-order valence-electron chi connectivity index (χ1n) is 7.82. The van der Waals surface area contributed by atoms with Gasteiger partial charge < -0.3 is 5.32 Å². The van der Waals surface area contributed by atoms with Crippen molar-refractivity contribution < 1.29 is 4.39 Å². The molecule has 0 bridgehead atoms. The van der Waals surface area contributed by atoms with Crippen molar-refractivity contribution in [3.05, 3.63) is 35.6 Å². The first-order valence-corrected chi connectivity index (χ1v) is 7.82. The van der Waals surface area contributed by atoms with Gasteiger partial charge in [0, 0.05) is 12.1 Å². The van der Waals surface area contributed by atoms with Gasteiger partial charge in [-0.15, -0.1) is 0 Å². The van der Waals surface area contributed by atoms with Crippen LogP contribution in [0.15, 0.2) is 24.3 Å². The van der Waals surface area contributed by atoms with Crippen molar-refractivity contribution in [1.82, 2.24) is 5.32 Å². The van der Waals surface area contributed by atoms with Crippen molar-refractivity contribution in [2.24, 2.45) is 11.8 Å². The summed E-state index contributed by atoms with van der Waals surface area (Å²) in [6.45, 7) is 0. The van der Waals surface area contributed by atoms with Gasteiger partial charge in [0.2, 0.25) is 0 Å². The molecular weight excluding hydrogens is 237 g/mol. The highest BCUT2D eigenvalue weighted by Crippen LogP contribution is 2.46. The molecule has 0 atom stereocenters. The highest BCUT2D eigenvalue weighted by molar-refractivity contribution is 5.25. The van der Waals surface area contributed by atoms with Crippen LogP contribution in [0.25, 0.3) is 0 Å². The van der Waals surface area contributed by atoms with Crippen molar-refractivity contribution in [3.8, 4) is 0 Å². The molecule has 0 heterocycles. The molecule has 1 N–H and O–H groups in total. The second-order valence-corrected chi connectivity index (χ2v) is 6.75. The summed E-state index contributed by atoms with van der Waals surface area (Å²) in [4.78, 5) is 0. The fraction of sp³-hybridized carbons (Fsp3) is 0.647. The highest BCUT2D eigenvalue weighted by atomic mass is 19.1. The Morgan fingerprint density at radius 1 is 1.00 bits per heavy atom. The maximum absolute atomic E-state index is 13.7. The average Bonchev–Trinajstić information content (AvgIpc) is 3.24. The van der Waals surface area contributed by atoms with Crippen LogP contribution in [0.5, 0.6) is 0 Å². The number of benzene rings is 1. The molecule has 1 aromatic rings. The molecule has 4 rings (SSSR count). The second-order valence-electron chi connectivity index (χ2n) is 6.75. The zero-order chi connectivity index (χ0) is 12.8. The number of hydrogen-bond acceptors (Lipinski definition) is 1. The Kier molecular flexibility index (Phi) is 2.87. The Hall–Kier alpha value is -0.890. The van der Waals surface area contributed by atoms with E-state index in [0.29, 0.717) is 12.0 Å². The van der Waals surface area contributed by atoms with E-state index in [1.807, 2.05) is 12.1 Å². The summed E-state index contributed by atoms with van der Waals surface area (Å²) in [6, 6.07) is 8.70. The first kappa shape index (κ1) is 11.9. The zero-order valence-electron chi connectivity index (χ0n) is 11.3. The molecule has 0 aliphatic heterocycles. The summed E-state index contributed by atoms with van der Waals surface area (Å²) >= 11 is 0. The largest absolute Gasteiger partial charge is 0.311 e. The molecule has 0 spiro atoms. The summed E-state index contributed by atoms with van der Waals surface area (Å²) < 4.78 is 13.7. The van der Waals surface area contributed by atoms with Gasteiger partial charge in [-0.3, -0.25) is 0 Å². The molecule has 2 heteroatoms. The van der Waals surface area contributed by atoms with Crippen LogP contribution in [0, 0.1) is 17.7 Å². The third-order valence-electron chi connectivity index (χ3n) is 5.17. The Labute approximate surface area is 114 Å². The maximum atomic E-state index is 13.7. The molecule has 1 nitrogen and oxygen atoms in total. The topological polar surface area (TPSA) is 12.0 Å². The van der Waals surface area contributed by atoms with Gasteiger partial charge in [-0.05, 0) is 67.9 Å². The van der Waals surface area contributed by atoms with Gasteiger partial charge in [0.25, 0.3) is 0 Å². The predicted octanol–water partition coefficient (Wildman–Crippen LogP) is 3.85. The number of nitrogens with one attached hydrogen (secondary N) is 1. The van der Waals surface area contributed by atoms with Gasteiger partial charge in [-0.2, -0.15) is 0 Å². The zero-order valence-corrected chi connectivity index (χ0v) is 11.3. The predicted molar refractivity (Wildman–Crippen MR) is 74.5 cm³/mol. The van der Waals surface area contributed by atoms with Crippen molar-refractivity contribution in [2.45, 2.75) is 56.5 Å². The number of hydrogen-bond donors (Lipinski definition) is 1. The van der Waals surface area contributed by atoms with Crippen molar-refractivity contribution in [2.75, 3.05) is 0 Å². The molecule has 19 heavy (non-hydrogen) atoms. The minimum Gasteiger partial charge on any atom is -0.311 e. The van der Waals surface area contributed by atoms with Crippen molar-refractivity contribution in [3.63, 3.8) is 0 Å². The van der Waals surface area contributed by atoms with Crippen LogP contribution in [0.3, 0.4) is 0 Å². The molecular formula is C17H22FN. The van der Waals surface area contributed by atoms with E-state index >= 15 is 0 Å². The molecule has 1 aromatic carbocycles. The molecule has 3 aliphatic rings. The second kappa shape index (κ2) is 4.59. The Balaban J connectivity index is 1.34. The van der Waals surface area contributed by atoms with Gasteiger partial charge in [-0.25, -0.2) is 4.39 Å². The molecule has 3 saturated carbocycles. The molecule has 0 saturated heterocycles. The van der Waals surface area contributed by atoms with Crippen LogP contribution in [0.4, 0.5) is 4.39 Å². The third-order valence-corrected chi connectivity index (χ3v) is 5.17. The monoisotopic (exact) mass is 259 g/mol. The minimum atomic E-state index is -0.0214. The standard InChI is InChI=1S/C17H22FN/c18-16-4-2-1-3-15(16)13-9-14(10-13)19-17(11-5-6-11)12-7-8-12/h1-4,11-14,17,19H,5-10H2. The van der Waals surface area contributed by atoms with E-state index in [1.54, 1.807) is 12.1 Å². The summed E-state index contributed by atoms with van der Waals surface area (Å²) in [6.07, 6.45) is 7.96. The SMILES string of the molecule is Fc1ccccc1C1CC(NC(C2CC2)C2CC2)C1.